The molecule has 6 nitrogen and oxygen atoms in total. The van der Waals surface area contributed by atoms with Crippen molar-refractivity contribution >= 4 is 46.3 Å². The van der Waals surface area contributed by atoms with Gasteiger partial charge in [-0.2, -0.15) is 5.10 Å². The van der Waals surface area contributed by atoms with Crippen molar-refractivity contribution in [3.05, 3.63) is 85.9 Å². The van der Waals surface area contributed by atoms with E-state index in [-0.39, 0.29) is 12.3 Å². The van der Waals surface area contributed by atoms with E-state index in [2.05, 4.69) is 33.1 Å². The lowest BCUT2D eigenvalue weighted by Crippen LogP contribution is -2.19. The third-order valence-corrected chi connectivity index (χ3v) is 5.83. The summed E-state index contributed by atoms with van der Waals surface area (Å²) >= 11 is 8.43. The van der Waals surface area contributed by atoms with Gasteiger partial charge >= 0.3 is 0 Å². The SMILES string of the molecule is CCOc1ccc(CC(=O)N/N=C/c2cc(I)c(OCc3ccccc3Cl)c(OCC)c2)cc1. The highest BCUT2D eigenvalue weighted by Gasteiger charge is 2.13. The predicted molar refractivity (Wildman–Crippen MR) is 143 cm³/mol. The number of rotatable bonds is 11. The maximum Gasteiger partial charge on any atom is 0.244 e. The van der Waals surface area contributed by atoms with Gasteiger partial charge in [-0.3, -0.25) is 4.79 Å². The van der Waals surface area contributed by atoms with E-state index in [9.17, 15) is 4.79 Å². The van der Waals surface area contributed by atoms with Crippen LogP contribution in [0.15, 0.2) is 65.8 Å². The van der Waals surface area contributed by atoms with Crippen molar-refractivity contribution in [2.45, 2.75) is 26.9 Å². The molecule has 3 aromatic rings. The van der Waals surface area contributed by atoms with Crippen LogP contribution in [0.5, 0.6) is 17.2 Å². The molecule has 0 atom stereocenters. The molecule has 0 saturated carbocycles. The van der Waals surface area contributed by atoms with Crippen molar-refractivity contribution in [3.63, 3.8) is 0 Å². The molecule has 0 aromatic heterocycles. The van der Waals surface area contributed by atoms with Gasteiger partial charge in [-0.25, -0.2) is 5.43 Å². The van der Waals surface area contributed by atoms with E-state index >= 15 is 0 Å². The Balaban J connectivity index is 1.63. The number of benzene rings is 3. The molecular weight excluding hydrogens is 567 g/mol. The fraction of sp³-hybridized carbons (Fsp3) is 0.231. The number of hydrogen-bond acceptors (Lipinski definition) is 5. The molecule has 0 bridgehead atoms. The van der Waals surface area contributed by atoms with Gasteiger partial charge in [-0.05, 0) is 77.9 Å². The minimum absolute atomic E-state index is 0.208. The number of carbonyl (C=O) groups excluding carboxylic acids is 1. The second-order valence-electron chi connectivity index (χ2n) is 7.19. The van der Waals surface area contributed by atoms with Gasteiger partial charge in [0, 0.05) is 10.6 Å². The van der Waals surface area contributed by atoms with Crippen LogP contribution in [0.3, 0.4) is 0 Å². The predicted octanol–water partition coefficient (Wildman–Crippen LogP) is 6.01. The Morgan fingerprint density at radius 3 is 2.47 bits per heavy atom. The Bertz CT molecular complexity index is 1140. The van der Waals surface area contributed by atoms with Gasteiger partial charge in [-0.1, -0.05) is 41.9 Å². The molecule has 0 heterocycles. The van der Waals surface area contributed by atoms with Crippen molar-refractivity contribution in [1.29, 1.82) is 0 Å². The fourth-order valence-electron chi connectivity index (χ4n) is 3.10. The number of nitrogens with zero attached hydrogens (tertiary/aromatic N) is 1. The van der Waals surface area contributed by atoms with Crippen molar-refractivity contribution in [3.8, 4) is 17.2 Å². The number of carbonyl (C=O) groups is 1. The molecule has 1 N–H and O–H groups in total. The first-order valence-electron chi connectivity index (χ1n) is 10.9. The van der Waals surface area contributed by atoms with Gasteiger partial charge in [-0.15, -0.1) is 0 Å². The summed E-state index contributed by atoms with van der Waals surface area (Å²) < 4.78 is 18.1. The molecule has 34 heavy (non-hydrogen) atoms. The first kappa shape index (κ1) is 25.8. The largest absolute Gasteiger partial charge is 0.494 e. The lowest BCUT2D eigenvalue weighted by atomic mass is 10.1. The van der Waals surface area contributed by atoms with E-state index in [0.29, 0.717) is 36.3 Å². The highest BCUT2D eigenvalue weighted by atomic mass is 127. The van der Waals surface area contributed by atoms with Crippen molar-refractivity contribution in [1.82, 2.24) is 5.43 Å². The molecule has 0 radical (unpaired) electrons. The molecule has 0 saturated heterocycles. The first-order chi connectivity index (χ1) is 16.5. The monoisotopic (exact) mass is 592 g/mol. The minimum atomic E-state index is -0.208. The van der Waals surface area contributed by atoms with Gasteiger partial charge in [0.1, 0.15) is 12.4 Å². The summed E-state index contributed by atoms with van der Waals surface area (Å²) in [6.07, 6.45) is 1.80. The van der Waals surface area contributed by atoms with Crippen molar-refractivity contribution in [2.24, 2.45) is 5.10 Å². The van der Waals surface area contributed by atoms with E-state index in [1.54, 1.807) is 6.21 Å². The van der Waals surface area contributed by atoms with Crippen LogP contribution in [0, 0.1) is 3.57 Å². The van der Waals surface area contributed by atoms with Gasteiger partial charge in [0.25, 0.3) is 0 Å². The standard InChI is InChI=1S/C26H26ClIN2O4/c1-3-32-21-11-9-18(10-12-21)15-25(31)30-29-16-19-13-23(28)26(24(14-19)33-4-2)34-17-20-7-5-6-8-22(20)27/h5-14,16H,3-4,15,17H2,1-2H3,(H,30,31)/b29-16+. The number of hydrazone groups is 1. The average Bonchev–Trinajstić information content (AvgIpc) is 2.81. The van der Waals surface area contributed by atoms with Crippen LogP contribution in [0.4, 0.5) is 0 Å². The van der Waals surface area contributed by atoms with E-state index in [4.69, 9.17) is 25.8 Å². The quantitative estimate of drug-likeness (QED) is 0.168. The summed E-state index contributed by atoms with van der Waals surface area (Å²) in [4.78, 5) is 12.2. The number of amides is 1. The smallest absolute Gasteiger partial charge is 0.244 e. The van der Waals surface area contributed by atoms with Crippen LogP contribution >= 0.6 is 34.2 Å². The second-order valence-corrected chi connectivity index (χ2v) is 8.76. The zero-order valence-electron chi connectivity index (χ0n) is 19.0. The fourth-order valence-corrected chi connectivity index (χ4v) is 4.08. The summed E-state index contributed by atoms with van der Waals surface area (Å²) in [5.74, 6) is 1.81. The van der Waals surface area contributed by atoms with E-state index in [1.165, 1.54) is 0 Å². The van der Waals surface area contributed by atoms with Gasteiger partial charge in [0.15, 0.2) is 11.5 Å². The Morgan fingerprint density at radius 2 is 1.76 bits per heavy atom. The van der Waals surface area contributed by atoms with E-state index in [1.807, 2.05) is 74.5 Å². The summed E-state index contributed by atoms with van der Waals surface area (Å²) in [5, 5.41) is 4.75. The van der Waals surface area contributed by atoms with Crippen LogP contribution in [-0.2, 0) is 17.8 Å². The van der Waals surface area contributed by atoms with Crippen LogP contribution in [0.2, 0.25) is 5.02 Å². The topological polar surface area (TPSA) is 69.2 Å². The molecule has 0 spiro atoms. The third kappa shape index (κ3) is 7.63. The third-order valence-electron chi connectivity index (χ3n) is 4.66. The minimum Gasteiger partial charge on any atom is -0.494 e. The number of ether oxygens (including phenoxy) is 3. The molecular formula is C26H26ClIN2O4. The number of halogens is 2. The molecule has 8 heteroatoms. The van der Waals surface area contributed by atoms with E-state index < -0.39 is 0 Å². The Kier molecular flexibility index (Phi) is 10.0. The highest BCUT2D eigenvalue weighted by Crippen LogP contribution is 2.35. The van der Waals surface area contributed by atoms with Crippen molar-refractivity contribution < 1.29 is 19.0 Å². The first-order valence-corrected chi connectivity index (χ1v) is 12.3. The molecule has 0 aliphatic carbocycles. The molecule has 0 unspecified atom stereocenters. The van der Waals surface area contributed by atoms with Gasteiger partial charge < -0.3 is 14.2 Å². The number of nitrogens with one attached hydrogen (secondary N) is 1. The highest BCUT2D eigenvalue weighted by molar-refractivity contribution is 14.1. The molecule has 0 fully saturated rings. The summed E-state index contributed by atoms with van der Waals surface area (Å²) in [5.41, 5.74) is 5.12. The second kappa shape index (κ2) is 13.2. The van der Waals surface area contributed by atoms with Gasteiger partial charge in [0.2, 0.25) is 5.91 Å². The molecule has 0 aliphatic heterocycles. The van der Waals surface area contributed by atoms with Crippen LogP contribution < -0.4 is 19.6 Å². The Labute approximate surface area is 218 Å². The summed E-state index contributed by atoms with van der Waals surface area (Å²) in [6, 6.07) is 18.7. The van der Waals surface area contributed by atoms with E-state index in [0.717, 1.165) is 26.0 Å². The maximum absolute atomic E-state index is 12.2. The molecule has 3 aromatic carbocycles. The lowest BCUT2D eigenvalue weighted by Gasteiger charge is -2.15. The van der Waals surface area contributed by atoms with Crippen molar-refractivity contribution in [2.75, 3.05) is 13.2 Å². The Morgan fingerprint density at radius 1 is 1.03 bits per heavy atom. The number of hydrogen-bond donors (Lipinski definition) is 1. The Hall–Kier alpha value is -2.78. The molecule has 1 amide bonds. The molecule has 178 valence electrons. The van der Waals surface area contributed by atoms with Crippen LogP contribution in [0.25, 0.3) is 0 Å². The van der Waals surface area contributed by atoms with Crippen LogP contribution in [-0.4, -0.2) is 25.3 Å². The molecule has 0 aliphatic rings. The van der Waals surface area contributed by atoms with Gasteiger partial charge in [0.05, 0.1) is 29.4 Å². The average molecular weight is 593 g/mol. The molecule has 3 rings (SSSR count). The summed E-state index contributed by atoms with van der Waals surface area (Å²) in [6.45, 7) is 5.25. The normalized spacial score (nSPS) is 10.8. The zero-order chi connectivity index (χ0) is 24.3. The van der Waals surface area contributed by atoms with Crippen LogP contribution in [0.1, 0.15) is 30.5 Å². The zero-order valence-corrected chi connectivity index (χ0v) is 21.9. The summed E-state index contributed by atoms with van der Waals surface area (Å²) in [7, 11) is 0. The maximum atomic E-state index is 12.2. The lowest BCUT2D eigenvalue weighted by molar-refractivity contribution is -0.120.